The lowest BCUT2D eigenvalue weighted by molar-refractivity contribution is 0.416. The molecule has 1 aromatic rings. The second-order valence-corrected chi connectivity index (χ2v) is 8.79. The van der Waals surface area contributed by atoms with Crippen LogP contribution in [0.1, 0.15) is 30.8 Å². The van der Waals surface area contributed by atoms with Crippen LogP contribution < -0.4 is 15.4 Å². The second-order valence-electron chi connectivity index (χ2n) is 5.60. The molecule has 0 bridgehead atoms. The van der Waals surface area contributed by atoms with E-state index in [-0.39, 0.29) is 5.75 Å². The molecule has 1 aliphatic heterocycles. The first kappa shape index (κ1) is 10.8. The maximum atomic E-state index is 12.9. The summed E-state index contributed by atoms with van der Waals surface area (Å²) in [7, 11) is -4.88. The van der Waals surface area contributed by atoms with Gasteiger partial charge in [-0.05, 0) is 37.0 Å². The van der Waals surface area contributed by atoms with Crippen molar-refractivity contribution in [1.82, 2.24) is 0 Å². The summed E-state index contributed by atoms with van der Waals surface area (Å²) in [6.45, 7) is 4.86. The standard InChI is InChI=1S/C15H24NO2P/c1-12(2)11-16-14-7-6-13(10-15(14)18-3)19(17)8-4-5-9-19/h6-7,10,12,16H,4-5,8-9,11H2,1-3H3/i3D3. The van der Waals surface area contributed by atoms with Crippen molar-refractivity contribution in [1.29, 1.82) is 0 Å². The van der Waals surface area contributed by atoms with Gasteiger partial charge in [0.05, 0.1) is 16.8 Å². The maximum Gasteiger partial charge on any atom is 0.142 e. The Kier molecular flexibility index (Phi) is 3.41. The van der Waals surface area contributed by atoms with E-state index in [9.17, 15) is 4.57 Å². The molecular weight excluding hydrogens is 257 g/mol. The molecule has 1 saturated heterocycles. The number of anilines is 1. The fraction of sp³-hybridized carbons (Fsp3) is 0.600. The van der Waals surface area contributed by atoms with E-state index in [0.717, 1.165) is 18.1 Å². The van der Waals surface area contributed by atoms with E-state index in [1.165, 1.54) is 0 Å². The average molecular weight is 284 g/mol. The largest absolute Gasteiger partial charge is 0.495 e. The van der Waals surface area contributed by atoms with Gasteiger partial charge in [0.1, 0.15) is 12.9 Å². The van der Waals surface area contributed by atoms with Gasteiger partial charge in [-0.15, -0.1) is 0 Å². The highest BCUT2D eigenvalue weighted by atomic mass is 31.2. The Balaban J connectivity index is 2.32. The number of hydrogen-bond acceptors (Lipinski definition) is 3. The van der Waals surface area contributed by atoms with Crippen molar-refractivity contribution in [3.05, 3.63) is 18.2 Å². The van der Waals surface area contributed by atoms with Gasteiger partial charge in [-0.3, -0.25) is 0 Å². The van der Waals surface area contributed by atoms with Gasteiger partial charge in [0.25, 0.3) is 0 Å². The monoisotopic (exact) mass is 284 g/mol. The van der Waals surface area contributed by atoms with Crippen LogP contribution in [0.4, 0.5) is 5.69 Å². The Bertz CT molecular complexity index is 562. The first-order chi connectivity index (χ1) is 10.2. The zero-order valence-corrected chi connectivity index (χ0v) is 12.5. The summed E-state index contributed by atoms with van der Waals surface area (Å²) in [5.41, 5.74) is 0.638. The lowest BCUT2D eigenvalue weighted by Crippen LogP contribution is -2.12. The molecule has 106 valence electrons. The predicted octanol–water partition coefficient (Wildman–Crippen LogP) is 3.55. The molecule has 0 radical (unpaired) electrons. The molecule has 0 saturated carbocycles. The van der Waals surface area contributed by atoms with E-state index in [0.29, 0.717) is 30.5 Å². The van der Waals surface area contributed by atoms with Crippen LogP contribution in [0.15, 0.2) is 18.2 Å². The van der Waals surface area contributed by atoms with Gasteiger partial charge in [-0.1, -0.05) is 13.8 Å². The Hall–Kier alpha value is -0.950. The van der Waals surface area contributed by atoms with Gasteiger partial charge in [-0.2, -0.15) is 0 Å². The number of methoxy groups -OCH3 is 1. The molecule has 3 nitrogen and oxygen atoms in total. The van der Waals surface area contributed by atoms with Gasteiger partial charge in [0, 0.05) is 24.2 Å². The molecule has 0 unspecified atom stereocenters. The lowest BCUT2D eigenvalue weighted by Gasteiger charge is -2.17. The number of ether oxygens (including phenoxy) is 1. The molecule has 0 aliphatic carbocycles. The van der Waals surface area contributed by atoms with Crippen molar-refractivity contribution in [2.24, 2.45) is 5.92 Å². The van der Waals surface area contributed by atoms with E-state index in [2.05, 4.69) is 19.2 Å². The summed E-state index contributed by atoms with van der Waals surface area (Å²) in [5, 5.41) is 3.94. The number of benzene rings is 1. The van der Waals surface area contributed by atoms with Crippen molar-refractivity contribution >= 4 is 18.1 Å². The molecule has 1 aliphatic rings. The van der Waals surface area contributed by atoms with Crippen LogP contribution in [0, 0.1) is 5.92 Å². The quantitative estimate of drug-likeness (QED) is 0.840. The second kappa shape index (κ2) is 6.00. The molecule has 1 fully saturated rings. The van der Waals surface area contributed by atoms with Gasteiger partial charge in [0.15, 0.2) is 0 Å². The molecule has 0 spiro atoms. The van der Waals surface area contributed by atoms with E-state index >= 15 is 0 Å². The van der Waals surface area contributed by atoms with Gasteiger partial charge in [-0.25, -0.2) is 0 Å². The van der Waals surface area contributed by atoms with E-state index in [1.54, 1.807) is 12.1 Å². The Morgan fingerprint density at radius 2 is 2.16 bits per heavy atom. The smallest absolute Gasteiger partial charge is 0.142 e. The van der Waals surface area contributed by atoms with Crippen LogP contribution in [-0.4, -0.2) is 25.9 Å². The fourth-order valence-corrected chi connectivity index (χ4v) is 5.32. The van der Waals surface area contributed by atoms with Crippen LogP contribution in [0.25, 0.3) is 0 Å². The molecule has 0 atom stereocenters. The molecule has 1 heterocycles. The van der Waals surface area contributed by atoms with Crippen LogP contribution >= 0.6 is 7.14 Å². The molecule has 1 aromatic carbocycles. The minimum absolute atomic E-state index is 0.264. The Morgan fingerprint density at radius 1 is 1.42 bits per heavy atom. The molecular formula is C15H24NO2P. The van der Waals surface area contributed by atoms with Crippen LogP contribution in [-0.2, 0) is 4.57 Å². The van der Waals surface area contributed by atoms with Crippen molar-refractivity contribution < 1.29 is 13.4 Å². The molecule has 2 rings (SSSR count). The van der Waals surface area contributed by atoms with Crippen molar-refractivity contribution in [3.63, 3.8) is 0 Å². The van der Waals surface area contributed by atoms with E-state index in [4.69, 9.17) is 8.85 Å². The zero-order valence-electron chi connectivity index (χ0n) is 14.6. The Labute approximate surface area is 120 Å². The molecule has 0 aromatic heterocycles. The van der Waals surface area contributed by atoms with Crippen molar-refractivity contribution in [3.8, 4) is 5.75 Å². The van der Waals surface area contributed by atoms with Gasteiger partial charge >= 0.3 is 0 Å². The normalized spacial score (nSPS) is 20.7. The zero-order chi connectivity index (χ0) is 16.4. The maximum absolute atomic E-state index is 12.9. The highest BCUT2D eigenvalue weighted by Crippen LogP contribution is 2.51. The number of nitrogens with one attached hydrogen (secondary N) is 1. The SMILES string of the molecule is [2H]C([2H])([2H])Oc1cc(P2(=O)CCCC2)ccc1NCC(C)C. The number of hydrogen-bond donors (Lipinski definition) is 1. The topological polar surface area (TPSA) is 38.3 Å². The van der Waals surface area contributed by atoms with Crippen LogP contribution in [0.3, 0.4) is 0 Å². The molecule has 4 heteroatoms. The average Bonchev–Trinajstić information content (AvgIpc) is 2.83. The summed E-state index contributed by atoms with van der Waals surface area (Å²) >= 11 is 0. The molecule has 0 amide bonds. The molecule has 1 N–H and O–H groups in total. The first-order valence-corrected chi connectivity index (χ1v) is 8.93. The molecule has 19 heavy (non-hydrogen) atoms. The number of rotatable bonds is 5. The van der Waals surface area contributed by atoms with E-state index < -0.39 is 14.2 Å². The van der Waals surface area contributed by atoms with Crippen molar-refractivity contribution in [2.75, 3.05) is 31.2 Å². The fourth-order valence-electron chi connectivity index (χ4n) is 2.41. The summed E-state index contributed by atoms with van der Waals surface area (Å²) in [6, 6.07) is 5.29. The third-order valence-corrected chi connectivity index (χ3v) is 6.83. The highest BCUT2D eigenvalue weighted by Gasteiger charge is 2.29. The summed E-state index contributed by atoms with van der Waals surface area (Å²) < 4.78 is 40.0. The van der Waals surface area contributed by atoms with Gasteiger partial charge < -0.3 is 14.6 Å². The third kappa shape index (κ3) is 3.33. The predicted molar refractivity (Wildman–Crippen MR) is 82.5 cm³/mol. The minimum atomic E-state index is -2.52. The van der Waals surface area contributed by atoms with Crippen LogP contribution in [0.5, 0.6) is 5.75 Å². The summed E-state index contributed by atoms with van der Waals surface area (Å²) in [5.74, 6) is 0.689. The van der Waals surface area contributed by atoms with Gasteiger partial charge in [0.2, 0.25) is 0 Å². The van der Waals surface area contributed by atoms with E-state index in [1.807, 2.05) is 6.07 Å². The third-order valence-electron chi connectivity index (χ3n) is 3.54. The summed E-state index contributed by atoms with van der Waals surface area (Å²) in [4.78, 5) is 0. The first-order valence-electron chi connectivity index (χ1n) is 8.35. The van der Waals surface area contributed by atoms with Crippen LogP contribution in [0.2, 0.25) is 0 Å². The highest BCUT2D eigenvalue weighted by molar-refractivity contribution is 7.71. The summed E-state index contributed by atoms with van der Waals surface area (Å²) in [6.07, 6.45) is 3.36. The minimum Gasteiger partial charge on any atom is -0.495 e. The van der Waals surface area contributed by atoms with Crippen molar-refractivity contribution in [2.45, 2.75) is 26.7 Å². The Morgan fingerprint density at radius 3 is 2.79 bits per heavy atom. The lowest BCUT2D eigenvalue weighted by atomic mass is 10.2.